The molecule has 1 aliphatic rings. The van der Waals surface area contributed by atoms with Crippen LogP contribution in [0.25, 0.3) is 11.1 Å². The molecule has 0 bridgehead atoms. The van der Waals surface area contributed by atoms with Crippen LogP contribution in [0.3, 0.4) is 0 Å². The summed E-state index contributed by atoms with van der Waals surface area (Å²) in [6.07, 6.45) is 4.48. The van der Waals surface area contributed by atoms with Gasteiger partial charge in [-0.15, -0.1) is 0 Å². The number of oxazole rings is 1. The maximum Gasteiger partial charge on any atom is 0.316 e. The second-order valence-electron chi connectivity index (χ2n) is 6.33. The standard InChI is InChI=1S/C18H22N2O4S/c1-12-6-2-3-7-13(12)19-16(21)10-23-17(22)11-25-18-20-14-8-4-5-9-15(14)24-18/h4-5,8-9,12-13H,2-3,6-7,10-11H2,1H3,(H,19,21)/t12-,13+/m0/s1. The fourth-order valence-electron chi connectivity index (χ4n) is 3.00. The number of para-hydroxylation sites is 2. The van der Waals surface area contributed by atoms with Crippen molar-refractivity contribution in [2.75, 3.05) is 12.4 Å². The first-order valence-corrected chi connectivity index (χ1v) is 9.54. The molecule has 1 fully saturated rings. The van der Waals surface area contributed by atoms with Crippen molar-refractivity contribution in [3.8, 4) is 0 Å². The molecule has 1 aliphatic carbocycles. The molecule has 3 rings (SSSR count). The number of amides is 1. The summed E-state index contributed by atoms with van der Waals surface area (Å²) < 4.78 is 10.6. The number of benzene rings is 1. The van der Waals surface area contributed by atoms with Gasteiger partial charge in [-0.25, -0.2) is 4.98 Å². The second kappa shape index (κ2) is 8.38. The van der Waals surface area contributed by atoms with E-state index in [-0.39, 0.29) is 24.3 Å². The Morgan fingerprint density at radius 3 is 2.92 bits per heavy atom. The van der Waals surface area contributed by atoms with Crippen molar-refractivity contribution in [3.63, 3.8) is 0 Å². The van der Waals surface area contributed by atoms with E-state index in [4.69, 9.17) is 9.15 Å². The van der Waals surface area contributed by atoms with E-state index in [9.17, 15) is 9.59 Å². The minimum Gasteiger partial charge on any atom is -0.455 e. The largest absolute Gasteiger partial charge is 0.455 e. The van der Waals surface area contributed by atoms with Crippen LogP contribution >= 0.6 is 11.8 Å². The van der Waals surface area contributed by atoms with Crippen LogP contribution in [-0.2, 0) is 14.3 Å². The first kappa shape index (κ1) is 17.8. The molecule has 2 atom stereocenters. The predicted octanol–water partition coefficient (Wildman–Crippen LogP) is 3.16. The number of nitrogens with one attached hydrogen (secondary N) is 1. The van der Waals surface area contributed by atoms with Crippen LogP contribution in [0.5, 0.6) is 0 Å². The van der Waals surface area contributed by atoms with E-state index in [0.717, 1.165) is 36.5 Å². The number of aromatic nitrogens is 1. The van der Waals surface area contributed by atoms with Crippen LogP contribution in [0.2, 0.25) is 0 Å². The van der Waals surface area contributed by atoms with Gasteiger partial charge in [0.2, 0.25) is 0 Å². The summed E-state index contributed by atoms with van der Waals surface area (Å²) in [7, 11) is 0. The van der Waals surface area contributed by atoms with Crippen molar-refractivity contribution in [2.24, 2.45) is 5.92 Å². The molecule has 0 spiro atoms. The van der Waals surface area contributed by atoms with Crippen molar-refractivity contribution in [1.82, 2.24) is 10.3 Å². The van der Waals surface area contributed by atoms with E-state index in [0.29, 0.717) is 16.7 Å². The number of esters is 1. The minimum absolute atomic E-state index is 0.0555. The maximum atomic E-state index is 11.9. The summed E-state index contributed by atoms with van der Waals surface area (Å²) in [5, 5.41) is 3.38. The summed E-state index contributed by atoms with van der Waals surface area (Å²) in [5.41, 5.74) is 1.43. The van der Waals surface area contributed by atoms with E-state index in [1.54, 1.807) is 0 Å². The topological polar surface area (TPSA) is 81.4 Å². The lowest BCUT2D eigenvalue weighted by Gasteiger charge is -2.29. The number of fused-ring (bicyclic) bond motifs is 1. The summed E-state index contributed by atoms with van der Waals surface area (Å²) in [6, 6.07) is 7.59. The average molecular weight is 362 g/mol. The lowest BCUT2D eigenvalue weighted by Crippen LogP contribution is -2.43. The molecule has 134 valence electrons. The van der Waals surface area contributed by atoms with Crippen molar-refractivity contribution in [2.45, 2.75) is 43.9 Å². The molecule has 0 radical (unpaired) electrons. The van der Waals surface area contributed by atoms with Gasteiger partial charge in [-0.2, -0.15) is 0 Å². The summed E-state index contributed by atoms with van der Waals surface area (Å²) in [5.74, 6) is -0.166. The van der Waals surface area contributed by atoms with Crippen LogP contribution in [0.4, 0.5) is 0 Å². The Bertz CT molecular complexity index is 713. The van der Waals surface area contributed by atoms with Gasteiger partial charge < -0.3 is 14.5 Å². The number of hydrogen-bond donors (Lipinski definition) is 1. The number of rotatable bonds is 6. The zero-order valence-corrected chi connectivity index (χ0v) is 15.0. The van der Waals surface area contributed by atoms with Gasteiger partial charge in [0.25, 0.3) is 11.1 Å². The van der Waals surface area contributed by atoms with Crippen LogP contribution < -0.4 is 5.32 Å². The molecular weight excluding hydrogens is 340 g/mol. The molecule has 7 heteroatoms. The molecule has 0 aliphatic heterocycles. The molecule has 1 heterocycles. The molecular formula is C18H22N2O4S. The second-order valence-corrected chi connectivity index (χ2v) is 7.26. The van der Waals surface area contributed by atoms with Gasteiger partial charge in [0, 0.05) is 6.04 Å². The molecule has 1 saturated carbocycles. The minimum atomic E-state index is -0.459. The number of carbonyl (C=O) groups excluding carboxylic acids is 2. The molecule has 1 aromatic carbocycles. The highest BCUT2D eigenvalue weighted by atomic mass is 32.2. The van der Waals surface area contributed by atoms with E-state index in [1.165, 1.54) is 6.42 Å². The summed E-state index contributed by atoms with van der Waals surface area (Å²) >= 11 is 1.16. The highest BCUT2D eigenvalue weighted by molar-refractivity contribution is 7.99. The molecule has 2 aromatic rings. The highest BCUT2D eigenvalue weighted by Crippen LogP contribution is 2.24. The number of thioether (sulfide) groups is 1. The quantitative estimate of drug-likeness (QED) is 0.628. The van der Waals surface area contributed by atoms with Gasteiger partial charge in [0.15, 0.2) is 12.2 Å². The van der Waals surface area contributed by atoms with Crippen molar-refractivity contribution < 1.29 is 18.7 Å². The van der Waals surface area contributed by atoms with Crippen molar-refractivity contribution >= 4 is 34.7 Å². The summed E-state index contributed by atoms with van der Waals surface area (Å²) in [6.45, 7) is 1.91. The SMILES string of the molecule is C[C@H]1CCCC[C@H]1NC(=O)COC(=O)CSc1nc2ccccc2o1. The third-order valence-corrected chi connectivity index (χ3v) is 5.21. The monoisotopic (exact) mass is 362 g/mol. The maximum absolute atomic E-state index is 11.9. The third kappa shape index (κ3) is 4.98. The fourth-order valence-corrected chi connectivity index (χ4v) is 3.64. The molecule has 6 nitrogen and oxygen atoms in total. The van der Waals surface area contributed by atoms with Gasteiger partial charge in [0.1, 0.15) is 11.3 Å². The Labute approximate surface area is 150 Å². The molecule has 0 saturated heterocycles. The van der Waals surface area contributed by atoms with Gasteiger partial charge in [-0.1, -0.05) is 43.7 Å². The number of nitrogens with zero attached hydrogens (tertiary/aromatic N) is 1. The van der Waals surface area contributed by atoms with Gasteiger partial charge >= 0.3 is 5.97 Å². The Morgan fingerprint density at radius 1 is 1.32 bits per heavy atom. The molecule has 0 unspecified atom stereocenters. The van der Waals surface area contributed by atoms with E-state index < -0.39 is 5.97 Å². The highest BCUT2D eigenvalue weighted by Gasteiger charge is 2.23. The zero-order chi connectivity index (χ0) is 17.6. The molecule has 1 N–H and O–H groups in total. The van der Waals surface area contributed by atoms with Crippen molar-refractivity contribution in [3.05, 3.63) is 24.3 Å². The Balaban J connectivity index is 1.39. The number of ether oxygens (including phenoxy) is 1. The first-order chi connectivity index (χ1) is 12.1. The van der Waals surface area contributed by atoms with Gasteiger partial charge in [-0.3, -0.25) is 9.59 Å². The first-order valence-electron chi connectivity index (χ1n) is 8.55. The number of carbonyl (C=O) groups is 2. The van der Waals surface area contributed by atoms with Crippen molar-refractivity contribution in [1.29, 1.82) is 0 Å². The molecule has 1 aromatic heterocycles. The Hall–Kier alpha value is -2.02. The smallest absolute Gasteiger partial charge is 0.316 e. The Kier molecular flexibility index (Phi) is 5.96. The third-order valence-electron chi connectivity index (χ3n) is 4.41. The Morgan fingerprint density at radius 2 is 2.12 bits per heavy atom. The average Bonchev–Trinajstić information content (AvgIpc) is 3.03. The lowest BCUT2D eigenvalue weighted by atomic mass is 9.86. The van der Waals surface area contributed by atoms with E-state index in [1.807, 2.05) is 24.3 Å². The summed E-state index contributed by atoms with van der Waals surface area (Å²) in [4.78, 5) is 28.0. The number of hydrogen-bond acceptors (Lipinski definition) is 6. The van der Waals surface area contributed by atoms with Crippen LogP contribution in [0, 0.1) is 5.92 Å². The zero-order valence-electron chi connectivity index (χ0n) is 14.2. The molecule has 1 amide bonds. The van der Waals surface area contributed by atoms with Gasteiger partial charge in [-0.05, 0) is 30.9 Å². The van der Waals surface area contributed by atoms with Crippen LogP contribution in [0.1, 0.15) is 32.6 Å². The normalized spacial score (nSPS) is 20.4. The van der Waals surface area contributed by atoms with Crippen LogP contribution in [-0.4, -0.2) is 35.3 Å². The van der Waals surface area contributed by atoms with Crippen LogP contribution in [0.15, 0.2) is 33.9 Å². The predicted molar refractivity (Wildman–Crippen MR) is 95.3 cm³/mol. The van der Waals surface area contributed by atoms with E-state index >= 15 is 0 Å². The van der Waals surface area contributed by atoms with Gasteiger partial charge in [0.05, 0.1) is 0 Å². The van der Waals surface area contributed by atoms with E-state index in [2.05, 4.69) is 17.2 Å². The molecule has 25 heavy (non-hydrogen) atoms. The fraction of sp³-hybridized carbons (Fsp3) is 0.500. The lowest BCUT2D eigenvalue weighted by molar-refractivity contribution is -0.146.